The van der Waals surface area contributed by atoms with E-state index in [9.17, 15) is 8.42 Å². The first-order valence-electron chi connectivity index (χ1n) is 5.47. The Bertz CT molecular complexity index is 332. The van der Waals surface area contributed by atoms with Crippen LogP contribution >= 0.6 is 12.4 Å². The highest BCUT2D eigenvalue weighted by atomic mass is 35.5. The fourth-order valence-corrected chi connectivity index (χ4v) is 4.15. The summed E-state index contributed by atoms with van der Waals surface area (Å²) in [6.07, 6.45) is 1.23. The van der Waals surface area contributed by atoms with E-state index in [0.717, 1.165) is 19.4 Å². The molecule has 2 aliphatic heterocycles. The van der Waals surface area contributed by atoms with Crippen LogP contribution in [0.4, 0.5) is 0 Å². The molecule has 2 fully saturated rings. The van der Waals surface area contributed by atoms with Gasteiger partial charge in [0.15, 0.2) is 9.84 Å². The molecule has 0 aromatic heterocycles. The van der Waals surface area contributed by atoms with Crippen LogP contribution in [0, 0.1) is 5.41 Å². The SMILES string of the molecule is CC1(C)CNC(C2CCCS2(=O)=O)OC1.Cl. The molecule has 2 aliphatic rings. The highest BCUT2D eigenvalue weighted by Crippen LogP contribution is 2.28. The Morgan fingerprint density at radius 3 is 2.50 bits per heavy atom. The first-order chi connectivity index (χ1) is 6.91. The van der Waals surface area contributed by atoms with Crippen molar-refractivity contribution in [1.82, 2.24) is 5.32 Å². The van der Waals surface area contributed by atoms with E-state index in [2.05, 4.69) is 19.2 Å². The van der Waals surface area contributed by atoms with Crippen molar-refractivity contribution in [3.05, 3.63) is 0 Å². The lowest BCUT2D eigenvalue weighted by Gasteiger charge is -2.37. The lowest BCUT2D eigenvalue weighted by atomic mass is 9.93. The Balaban J connectivity index is 0.00000128. The molecule has 16 heavy (non-hydrogen) atoms. The third-order valence-corrected chi connectivity index (χ3v) is 5.42. The lowest BCUT2D eigenvalue weighted by Crippen LogP contribution is -2.53. The maximum Gasteiger partial charge on any atom is 0.157 e. The van der Waals surface area contributed by atoms with Crippen molar-refractivity contribution in [2.45, 2.75) is 38.2 Å². The summed E-state index contributed by atoms with van der Waals surface area (Å²) in [5, 5.41) is 2.88. The van der Waals surface area contributed by atoms with E-state index in [1.807, 2.05) is 0 Å². The van der Waals surface area contributed by atoms with Gasteiger partial charge in [0.25, 0.3) is 0 Å². The zero-order chi connectivity index (χ0) is 11.1. The molecule has 1 N–H and O–H groups in total. The average molecular weight is 270 g/mol. The van der Waals surface area contributed by atoms with Crippen LogP contribution in [0.2, 0.25) is 0 Å². The number of hydrogen-bond acceptors (Lipinski definition) is 4. The van der Waals surface area contributed by atoms with Gasteiger partial charge in [-0.3, -0.25) is 5.32 Å². The summed E-state index contributed by atoms with van der Waals surface area (Å²) < 4.78 is 29.0. The van der Waals surface area contributed by atoms with E-state index >= 15 is 0 Å². The molecule has 96 valence electrons. The van der Waals surface area contributed by atoms with Gasteiger partial charge in [-0.15, -0.1) is 12.4 Å². The largest absolute Gasteiger partial charge is 0.361 e. The molecule has 2 unspecified atom stereocenters. The smallest absolute Gasteiger partial charge is 0.157 e. The number of ether oxygens (including phenoxy) is 1. The molecule has 2 rings (SSSR count). The van der Waals surface area contributed by atoms with Crippen molar-refractivity contribution >= 4 is 22.2 Å². The second-order valence-corrected chi connectivity index (χ2v) is 7.66. The van der Waals surface area contributed by atoms with Crippen LogP contribution in [0.25, 0.3) is 0 Å². The molecule has 0 aromatic carbocycles. The molecule has 0 radical (unpaired) electrons. The molecule has 0 aliphatic carbocycles. The molecular formula is C10H20ClNO3S. The van der Waals surface area contributed by atoms with Gasteiger partial charge in [-0.2, -0.15) is 0 Å². The molecule has 6 heteroatoms. The van der Waals surface area contributed by atoms with E-state index in [-0.39, 0.29) is 29.3 Å². The maximum atomic E-state index is 11.7. The third-order valence-electron chi connectivity index (χ3n) is 3.15. The maximum absolute atomic E-state index is 11.7. The van der Waals surface area contributed by atoms with Crippen LogP contribution in [-0.4, -0.2) is 38.8 Å². The van der Waals surface area contributed by atoms with Gasteiger partial charge in [0.2, 0.25) is 0 Å². The number of rotatable bonds is 1. The molecule has 2 atom stereocenters. The zero-order valence-corrected chi connectivity index (χ0v) is 11.4. The van der Waals surface area contributed by atoms with E-state index in [1.165, 1.54) is 0 Å². The molecule has 0 spiro atoms. The Kier molecular flexibility index (Phi) is 4.27. The average Bonchev–Trinajstić information content (AvgIpc) is 2.46. The summed E-state index contributed by atoms with van der Waals surface area (Å²) in [6, 6.07) is 0. The first kappa shape index (κ1) is 14.2. The summed E-state index contributed by atoms with van der Waals surface area (Å²) in [6.45, 7) is 5.68. The van der Waals surface area contributed by atoms with E-state index in [4.69, 9.17) is 4.74 Å². The molecule has 0 saturated carbocycles. The lowest BCUT2D eigenvalue weighted by molar-refractivity contribution is -0.0585. The van der Waals surface area contributed by atoms with E-state index < -0.39 is 9.84 Å². The normalized spacial score (nSPS) is 36.6. The van der Waals surface area contributed by atoms with Crippen LogP contribution in [0.1, 0.15) is 26.7 Å². The monoisotopic (exact) mass is 269 g/mol. The van der Waals surface area contributed by atoms with Gasteiger partial charge in [0, 0.05) is 12.0 Å². The second kappa shape index (κ2) is 4.80. The molecule has 2 heterocycles. The van der Waals surface area contributed by atoms with Crippen molar-refractivity contribution in [3.63, 3.8) is 0 Å². The minimum atomic E-state index is -2.91. The van der Waals surface area contributed by atoms with Gasteiger partial charge < -0.3 is 4.74 Å². The van der Waals surface area contributed by atoms with Gasteiger partial charge in [-0.1, -0.05) is 13.8 Å². The number of halogens is 1. The van der Waals surface area contributed by atoms with Crippen molar-refractivity contribution in [2.75, 3.05) is 18.9 Å². The number of sulfone groups is 1. The van der Waals surface area contributed by atoms with E-state index in [0.29, 0.717) is 12.4 Å². The minimum Gasteiger partial charge on any atom is -0.361 e. The number of hydrogen-bond donors (Lipinski definition) is 1. The zero-order valence-electron chi connectivity index (χ0n) is 9.73. The second-order valence-electron chi connectivity index (χ2n) is 5.32. The molecule has 0 aromatic rings. The highest BCUT2D eigenvalue weighted by molar-refractivity contribution is 7.92. The Morgan fingerprint density at radius 2 is 2.06 bits per heavy atom. The van der Waals surface area contributed by atoms with Crippen molar-refractivity contribution < 1.29 is 13.2 Å². The Labute approximate surface area is 103 Å². The van der Waals surface area contributed by atoms with Crippen molar-refractivity contribution in [1.29, 1.82) is 0 Å². The van der Waals surface area contributed by atoms with Gasteiger partial charge in [0.1, 0.15) is 11.5 Å². The fourth-order valence-electron chi connectivity index (χ4n) is 2.20. The van der Waals surface area contributed by atoms with Crippen molar-refractivity contribution in [3.8, 4) is 0 Å². The standard InChI is InChI=1S/C10H19NO3S.ClH/c1-10(2)6-11-9(14-7-10)8-4-3-5-15(8,12)13;/h8-9,11H,3-7H2,1-2H3;1H. The Morgan fingerprint density at radius 1 is 1.38 bits per heavy atom. The van der Waals surface area contributed by atoms with Crippen LogP contribution in [0.15, 0.2) is 0 Å². The molecular weight excluding hydrogens is 250 g/mol. The summed E-state index contributed by atoms with van der Waals surface area (Å²) in [7, 11) is -2.91. The Hall–Kier alpha value is 0.160. The molecule has 2 saturated heterocycles. The third kappa shape index (κ3) is 2.88. The summed E-state index contributed by atoms with van der Waals surface area (Å²) >= 11 is 0. The first-order valence-corrected chi connectivity index (χ1v) is 7.19. The van der Waals surface area contributed by atoms with Crippen LogP contribution in [0.5, 0.6) is 0 Å². The molecule has 0 amide bonds. The quantitative estimate of drug-likeness (QED) is 0.770. The molecule has 0 bridgehead atoms. The number of nitrogens with one attached hydrogen (secondary N) is 1. The topological polar surface area (TPSA) is 55.4 Å². The van der Waals surface area contributed by atoms with Gasteiger partial charge in [-0.05, 0) is 12.8 Å². The predicted octanol–water partition coefficient (Wildman–Crippen LogP) is 0.957. The minimum absolute atomic E-state index is 0. The van der Waals surface area contributed by atoms with Crippen LogP contribution in [-0.2, 0) is 14.6 Å². The van der Waals surface area contributed by atoms with Crippen molar-refractivity contribution in [2.24, 2.45) is 5.41 Å². The van der Waals surface area contributed by atoms with E-state index in [1.54, 1.807) is 0 Å². The van der Waals surface area contributed by atoms with Crippen LogP contribution in [0.3, 0.4) is 0 Å². The van der Waals surface area contributed by atoms with Crippen LogP contribution < -0.4 is 5.32 Å². The summed E-state index contributed by atoms with van der Waals surface area (Å²) in [5.74, 6) is 0.322. The summed E-state index contributed by atoms with van der Waals surface area (Å²) in [4.78, 5) is 0. The van der Waals surface area contributed by atoms with Gasteiger partial charge >= 0.3 is 0 Å². The molecule has 4 nitrogen and oxygen atoms in total. The summed E-state index contributed by atoms with van der Waals surface area (Å²) in [5.41, 5.74) is 0.110. The van der Waals surface area contributed by atoms with Gasteiger partial charge in [0.05, 0.1) is 12.4 Å². The fraction of sp³-hybridized carbons (Fsp3) is 1.00. The van der Waals surface area contributed by atoms with Gasteiger partial charge in [-0.25, -0.2) is 8.42 Å². The highest BCUT2D eigenvalue weighted by Gasteiger charge is 2.41. The predicted molar refractivity (Wildman–Crippen MR) is 65.6 cm³/mol.